The van der Waals surface area contributed by atoms with Gasteiger partial charge in [0.05, 0.1) is 5.60 Å². The standard InChI is InChI=1S/C17H27N3O2/c1-20(2)12-15(11-14-7-4-3-5-8-14)19-16(21)18-13-17(22)9-6-10-17/h3-5,7-8,15,22H,6,9-13H2,1-2H3,(H2,18,19,21). The van der Waals surface area contributed by atoms with Crippen molar-refractivity contribution >= 4 is 6.03 Å². The van der Waals surface area contributed by atoms with Crippen molar-refractivity contribution in [1.29, 1.82) is 0 Å². The molecular weight excluding hydrogens is 278 g/mol. The van der Waals surface area contributed by atoms with Gasteiger partial charge in [0.1, 0.15) is 0 Å². The fourth-order valence-corrected chi connectivity index (χ4v) is 2.74. The van der Waals surface area contributed by atoms with Crippen LogP contribution in [0.2, 0.25) is 0 Å². The second kappa shape index (κ2) is 7.61. The molecule has 0 bridgehead atoms. The fourth-order valence-electron chi connectivity index (χ4n) is 2.74. The number of nitrogens with one attached hydrogen (secondary N) is 2. The molecule has 0 spiro atoms. The van der Waals surface area contributed by atoms with Crippen molar-refractivity contribution in [2.45, 2.75) is 37.3 Å². The van der Waals surface area contributed by atoms with Gasteiger partial charge in [0.25, 0.3) is 0 Å². The molecule has 22 heavy (non-hydrogen) atoms. The van der Waals surface area contributed by atoms with Crippen LogP contribution in [-0.2, 0) is 6.42 Å². The number of rotatable bonds is 7. The molecule has 0 heterocycles. The molecule has 0 aliphatic heterocycles. The van der Waals surface area contributed by atoms with E-state index >= 15 is 0 Å². The highest BCUT2D eigenvalue weighted by atomic mass is 16.3. The average Bonchev–Trinajstić information content (AvgIpc) is 2.43. The van der Waals surface area contributed by atoms with Gasteiger partial charge in [0.15, 0.2) is 0 Å². The normalized spacial score (nSPS) is 17.6. The van der Waals surface area contributed by atoms with Gasteiger partial charge in [0.2, 0.25) is 0 Å². The van der Waals surface area contributed by atoms with Crippen molar-refractivity contribution < 1.29 is 9.90 Å². The minimum Gasteiger partial charge on any atom is -0.388 e. The third-order valence-corrected chi connectivity index (χ3v) is 4.11. The number of likely N-dealkylation sites (N-methyl/N-ethyl adjacent to an activating group) is 1. The zero-order valence-electron chi connectivity index (χ0n) is 13.5. The molecule has 1 aromatic carbocycles. The summed E-state index contributed by atoms with van der Waals surface area (Å²) >= 11 is 0. The molecule has 1 atom stereocenters. The van der Waals surface area contributed by atoms with Crippen LogP contribution in [0.1, 0.15) is 24.8 Å². The lowest BCUT2D eigenvalue weighted by atomic mass is 9.80. The van der Waals surface area contributed by atoms with E-state index in [0.717, 1.165) is 32.2 Å². The van der Waals surface area contributed by atoms with Gasteiger partial charge in [-0.05, 0) is 45.3 Å². The SMILES string of the molecule is CN(C)CC(Cc1ccccc1)NC(=O)NCC1(O)CCC1. The van der Waals surface area contributed by atoms with E-state index in [1.54, 1.807) is 0 Å². The van der Waals surface area contributed by atoms with Gasteiger partial charge >= 0.3 is 6.03 Å². The first-order valence-corrected chi connectivity index (χ1v) is 7.92. The largest absolute Gasteiger partial charge is 0.388 e. The van der Waals surface area contributed by atoms with E-state index < -0.39 is 5.60 Å². The first kappa shape index (κ1) is 16.8. The van der Waals surface area contributed by atoms with E-state index in [2.05, 4.69) is 27.7 Å². The molecule has 0 radical (unpaired) electrons. The zero-order chi connectivity index (χ0) is 16.0. The third kappa shape index (κ3) is 5.31. The monoisotopic (exact) mass is 305 g/mol. The molecule has 0 saturated heterocycles. The smallest absolute Gasteiger partial charge is 0.315 e. The van der Waals surface area contributed by atoms with Crippen molar-refractivity contribution in [2.75, 3.05) is 27.2 Å². The zero-order valence-corrected chi connectivity index (χ0v) is 13.5. The van der Waals surface area contributed by atoms with Crippen LogP contribution in [0.4, 0.5) is 4.79 Å². The summed E-state index contributed by atoms with van der Waals surface area (Å²) in [5, 5.41) is 15.8. The van der Waals surface area contributed by atoms with Crippen LogP contribution in [0.15, 0.2) is 30.3 Å². The van der Waals surface area contributed by atoms with E-state index in [4.69, 9.17) is 0 Å². The van der Waals surface area contributed by atoms with Gasteiger partial charge in [-0.15, -0.1) is 0 Å². The molecule has 3 N–H and O–H groups in total. The second-order valence-corrected chi connectivity index (χ2v) is 6.55. The number of amides is 2. The Balaban J connectivity index is 1.84. The van der Waals surface area contributed by atoms with Gasteiger partial charge in [0, 0.05) is 19.1 Å². The summed E-state index contributed by atoms with van der Waals surface area (Å²) < 4.78 is 0. The second-order valence-electron chi connectivity index (χ2n) is 6.55. The third-order valence-electron chi connectivity index (χ3n) is 4.11. The van der Waals surface area contributed by atoms with Crippen LogP contribution in [0.25, 0.3) is 0 Å². The van der Waals surface area contributed by atoms with Crippen LogP contribution >= 0.6 is 0 Å². The van der Waals surface area contributed by atoms with Crippen LogP contribution in [0.5, 0.6) is 0 Å². The molecule has 1 saturated carbocycles. The molecule has 2 amide bonds. The van der Waals surface area contributed by atoms with E-state index in [9.17, 15) is 9.90 Å². The van der Waals surface area contributed by atoms with Crippen LogP contribution in [-0.4, -0.2) is 54.9 Å². The maximum absolute atomic E-state index is 12.1. The van der Waals surface area contributed by atoms with Crippen molar-refractivity contribution in [2.24, 2.45) is 0 Å². The molecular formula is C17H27N3O2. The van der Waals surface area contributed by atoms with Gasteiger partial charge in [-0.1, -0.05) is 30.3 Å². The number of aliphatic hydroxyl groups is 1. The summed E-state index contributed by atoms with van der Waals surface area (Å²) in [7, 11) is 3.99. The quantitative estimate of drug-likeness (QED) is 0.713. The van der Waals surface area contributed by atoms with Crippen LogP contribution < -0.4 is 10.6 Å². The summed E-state index contributed by atoms with van der Waals surface area (Å²) in [5.74, 6) is 0. The van der Waals surface area contributed by atoms with Crippen molar-refractivity contribution in [1.82, 2.24) is 15.5 Å². The minimum atomic E-state index is -0.687. The Hall–Kier alpha value is -1.59. The molecule has 1 fully saturated rings. The number of hydrogen-bond donors (Lipinski definition) is 3. The van der Waals surface area contributed by atoms with Gasteiger partial charge in [-0.3, -0.25) is 0 Å². The maximum atomic E-state index is 12.1. The summed E-state index contributed by atoms with van der Waals surface area (Å²) in [6.07, 6.45) is 3.38. The van der Waals surface area contributed by atoms with E-state index in [0.29, 0.717) is 6.54 Å². The Morgan fingerprint density at radius 3 is 2.55 bits per heavy atom. The Labute approximate surface area is 132 Å². The Morgan fingerprint density at radius 2 is 2.00 bits per heavy atom. The average molecular weight is 305 g/mol. The molecule has 1 unspecified atom stereocenters. The molecule has 5 nitrogen and oxygen atoms in total. The van der Waals surface area contributed by atoms with Crippen molar-refractivity contribution in [3.05, 3.63) is 35.9 Å². The van der Waals surface area contributed by atoms with Crippen molar-refractivity contribution in [3.63, 3.8) is 0 Å². The van der Waals surface area contributed by atoms with Gasteiger partial charge < -0.3 is 20.6 Å². The number of nitrogens with zero attached hydrogens (tertiary/aromatic N) is 1. The fraction of sp³-hybridized carbons (Fsp3) is 0.588. The molecule has 2 rings (SSSR count). The Kier molecular flexibility index (Phi) is 5.80. The summed E-state index contributed by atoms with van der Waals surface area (Å²) in [4.78, 5) is 14.1. The number of urea groups is 1. The molecule has 5 heteroatoms. The highest BCUT2D eigenvalue weighted by molar-refractivity contribution is 5.74. The van der Waals surface area contributed by atoms with Crippen LogP contribution in [0, 0.1) is 0 Å². The van der Waals surface area contributed by atoms with Gasteiger partial charge in [-0.2, -0.15) is 0 Å². The number of benzene rings is 1. The Morgan fingerprint density at radius 1 is 1.32 bits per heavy atom. The van der Waals surface area contributed by atoms with Crippen molar-refractivity contribution in [3.8, 4) is 0 Å². The predicted octanol–water partition coefficient (Wildman–Crippen LogP) is 1.37. The summed E-state index contributed by atoms with van der Waals surface area (Å²) in [6.45, 7) is 1.10. The van der Waals surface area contributed by atoms with E-state index in [-0.39, 0.29) is 12.1 Å². The molecule has 122 valence electrons. The summed E-state index contributed by atoms with van der Waals surface area (Å²) in [6, 6.07) is 9.97. The topological polar surface area (TPSA) is 64.6 Å². The van der Waals surface area contributed by atoms with E-state index in [1.807, 2.05) is 32.3 Å². The highest BCUT2D eigenvalue weighted by Crippen LogP contribution is 2.30. The first-order valence-electron chi connectivity index (χ1n) is 7.92. The molecule has 1 aliphatic carbocycles. The maximum Gasteiger partial charge on any atom is 0.315 e. The number of carbonyl (C=O) groups is 1. The lowest BCUT2D eigenvalue weighted by Gasteiger charge is -2.36. The number of hydrogen-bond acceptors (Lipinski definition) is 3. The molecule has 0 aromatic heterocycles. The lowest BCUT2D eigenvalue weighted by Crippen LogP contribution is -2.53. The minimum absolute atomic E-state index is 0.0356. The molecule has 1 aromatic rings. The summed E-state index contributed by atoms with van der Waals surface area (Å²) in [5.41, 5.74) is 0.514. The number of carbonyl (C=O) groups excluding carboxylic acids is 1. The van der Waals surface area contributed by atoms with Gasteiger partial charge in [-0.25, -0.2) is 4.79 Å². The predicted molar refractivity (Wildman–Crippen MR) is 87.8 cm³/mol. The highest BCUT2D eigenvalue weighted by Gasteiger charge is 2.34. The first-order chi connectivity index (χ1) is 10.5. The molecule has 1 aliphatic rings. The Bertz CT molecular complexity index is 472. The van der Waals surface area contributed by atoms with E-state index in [1.165, 1.54) is 5.56 Å². The van der Waals surface area contributed by atoms with Crippen LogP contribution in [0.3, 0.4) is 0 Å². The lowest BCUT2D eigenvalue weighted by molar-refractivity contribution is -0.0290.